The van der Waals surface area contributed by atoms with Crippen molar-refractivity contribution in [2.45, 2.75) is 52.6 Å². The van der Waals surface area contributed by atoms with E-state index in [2.05, 4.69) is 44.4 Å². The van der Waals surface area contributed by atoms with Crippen molar-refractivity contribution >= 4 is 11.6 Å². The summed E-state index contributed by atoms with van der Waals surface area (Å²) in [6, 6.07) is 8.27. The minimum atomic E-state index is -0.111. The van der Waals surface area contributed by atoms with Crippen LogP contribution in [-0.2, 0) is 11.2 Å². The Kier molecular flexibility index (Phi) is 3.83. The molecule has 0 aliphatic carbocycles. The first kappa shape index (κ1) is 13.9. The lowest BCUT2D eigenvalue weighted by molar-refractivity contribution is -0.123. The molecule has 3 heteroatoms. The fourth-order valence-electron chi connectivity index (χ4n) is 2.17. The van der Waals surface area contributed by atoms with Crippen LogP contribution in [0.1, 0.15) is 39.7 Å². The van der Waals surface area contributed by atoms with E-state index in [1.807, 2.05) is 18.2 Å². The second-order valence-corrected chi connectivity index (χ2v) is 6.49. The molecule has 0 radical (unpaired) electrons. The van der Waals surface area contributed by atoms with Crippen molar-refractivity contribution in [3.8, 4) is 0 Å². The minimum Gasteiger partial charge on any atom is -0.373 e. The summed E-state index contributed by atoms with van der Waals surface area (Å²) >= 11 is 0. The highest BCUT2D eigenvalue weighted by Gasteiger charge is 2.27. The fourth-order valence-corrected chi connectivity index (χ4v) is 2.17. The van der Waals surface area contributed by atoms with Crippen LogP contribution in [0.2, 0.25) is 0 Å². The molecule has 2 atom stereocenters. The van der Waals surface area contributed by atoms with E-state index in [1.165, 1.54) is 5.56 Å². The Morgan fingerprint density at radius 2 is 2.05 bits per heavy atom. The highest BCUT2D eigenvalue weighted by atomic mass is 16.2. The van der Waals surface area contributed by atoms with E-state index in [9.17, 15) is 4.79 Å². The fraction of sp³-hybridized carbons (Fsp3) is 0.562. The first-order chi connectivity index (χ1) is 8.88. The molecule has 104 valence electrons. The van der Waals surface area contributed by atoms with Crippen molar-refractivity contribution < 1.29 is 4.79 Å². The summed E-state index contributed by atoms with van der Waals surface area (Å²) < 4.78 is 0. The number of carbonyl (C=O) groups is 1. The highest BCUT2D eigenvalue weighted by Crippen LogP contribution is 2.25. The quantitative estimate of drug-likeness (QED) is 0.858. The van der Waals surface area contributed by atoms with Gasteiger partial charge < -0.3 is 10.6 Å². The van der Waals surface area contributed by atoms with E-state index in [-0.39, 0.29) is 23.4 Å². The molecule has 19 heavy (non-hydrogen) atoms. The molecule has 1 heterocycles. The predicted octanol–water partition coefficient (Wildman–Crippen LogP) is 2.96. The molecule has 0 spiro atoms. The Hall–Kier alpha value is -1.51. The van der Waals surface area contributed by atoms with Gasteiger partial charge in [0.15, 0.2) is 0 Å². The van der Waals surface area contributed by atoms with Crippen LogP contribution in [0.5, 0.6) is 0 Å². The Labute approximate surface area is 115 Å². The number of benzene rings is 1. The van der Waals surface area contributed by atoms with Crippen molar-refractivity contribution in [3.63, 3.8) is 0 Å². The van der Waals surface area contributed by atoms with Gasteiger partial charge in [-0.15, -0.1) is 0 Å². The topological polar surface area (TPSA) is 41.1 Å². The monoisotopic (exact) mass is 260 g/mol. The highest BCUT2D eigenvalue weighted by molar-refractivity contribution is 5.85. The van der Waals surface area contributed by atoms with Gasteiger partial charge in [-0.2, -0.15) is 0 Å². The van der Waals surface area contributed by atoms with E-state index in [1.54, 1.807) is 0 Å². The van der Waals surface area contributed by atoms with Crippen LogP contribution in [0, 0.1) is 5.41 Å². The molecular weight excluding hydrogens is 236 g/mol. The number of carbonyl (C=O) groups excluding carboxylic acids is 1. The van der Waals surface area contributed by atoms with Crippen LogP contribution in [0.25, 0.3) is 0 Å². The molecule has 2 N–H and O–H groups in total. The number of hydrogen-bond acceptors (Lipinski definition) is 2. The third kappa shape index (κ3) is 3.28. The minimum absolute atomic E-state index is 0.0855. The molecule has 0 bridgehead atoms. The van der Waals surface area contributed by atoms with Gasteiger partial charge >= 0.3 is 0 Å². The summed E-state index contributed by atoms with van der Waals surface area (Å²) in [5.74, 6) is 0.108. The third-order valence-corrected chi connectivity index (χ3v) is 4.02. The number of hydrogen-bond donors (Lipinski definition) is 2. The van der Waals surface area contributed by atoms with E-state index in [0.717, 1.165) is 18.5 Å². The number of para-hydroxylation sites is 1. The van der Waals surface area contributed by atoms with Gasteiger partial charge in [-0.25, -0.2) is 0 Å². The summed E-state index contributed by atoms with van der Waals surface area (Å²) in [5, 5.41) is 6.46. The Bertz CT molecular complexity index is 462. The molecule has 1 amide bonds. The van der Waals surface area contributed by atoms with Gasteiger partial charge in [0.1, 0.15) is 6.04 Å². The molecule has 3 nitrogen and oxygen atoms in total. The van der Waals surface area contributed by atoms with Gasteiger partial charge in [0.25, 0.3) is 0 Å². The van der Waals surface area contributed by atoms with Crippen molar-refractivity contribution in [1.29, 1.82) is 0 Å². The van der Waals surface area contributed by atoms with Crippen LogP contribution >= 0.6 is 0 Å². The van der Waals surface area contributed by atoms with Crippen LogP contribution in [0.4, 0.5) is 5.69 Å². The Morgan fingerprint density at radius 1 is 1.37 bits per heavy atom. The number of aryl methyl sites for hydroxylation is 1. The van der Waals surface area contributed by atoms with Crippen LogP contribution in [0.3, 0.4) is 0 Å². The summed E-state index contributed by atoms with van der Waals surface area (Å²) in [6.45, 7) is 8.49. The van der Waals surface area contributed by atoms with Gasteiger partial charge in [0.2, 0.25) is 5.91 Å². The lowest BCUT2D eigenvalue weighted by atomic mass is 9.87. The van der Waals surface area contributed by atoms with Gasteiger partial charge in [-0.05, 0) is 36.8 Å². The molecule has 1 aromatic carbocycles. The van der Waals surface area contributed by atoms with E-state index >= 15 is 0 Å². The van der Waals surface area contributed by atoms with E-state index < -0.39 is 0 Å². The maximum Gasteiger partial charge on any atom is 0.242 e. The lowest BCUT2D eigenvalue weighted by Gasteiger charge is -2.32. The second-order valence-electron chi connectivity index (χ2n) is 6.49. The van der Waals surface area contributed by atoms with Crippen molar-refractivity contribution in [1.82, 2.24) is 5.32 Å². The normalized spacial score (nSPS) is 20.1. The largest absolute Gasteiger partial charge is 0.373 e. The second kappa shape index (κ2) is 5.24. The number of nitrogens with one attached hydrogen (secondary N) is 2. The summed E-state index contributed by atoms with van der Waals surface area (Å²) in [4.78, 5) is 12.3. The van der Waals surface area contributed by atoms with E-state index in [4.69, 9.17) is 0 Å². The SMILES string of the molecule is CC(NC(=O)C1CCc2ccccc2N1)C(C)(C)C. The maximum absolute atomic E-state index is 12.3. The van der Waals surface area contributed by atoms with Gasteiger partial charge in [-0.1, -0.05) is 39.0 Å². The zero-order chi connectivity index (χ0) is 14.0. The molecule has 1 aliphatic rings. The summed E-state index contributed by atoms with van der Waals surface area (Å²) in [6.07, 6.45) is 1.82. The zero-order valence-electron chi connectivity index (χ0n) is 12.3. The Morgan fingerprint density at radius 3 is 2.74 bits per heavy atom. The van der Waals surface area contributed by atoms with Crippen molar-refractivity contribution in [3.05, 3.63) is 29.8 Å². The Balaban J connectivity index is 1.99. The van der Waals surface area contributed by atoms with Gasteiger partial charge in [-0.3, -0.25) is 4.79 Å². The zero-order valence-corrected chi connectivity index (χ0v) is 12.3. The maximum atomic E-state index is 12.3. The molecule has 1 aromatic rings. The summed E-state index contributed by atoms with van der Waals surface area (Å²) in [5.41, 5.74) is 2.48. The first-order valence-corrected chi connectivity index (χ1v) is 7.03. The van der Waals surface area contributed by atoms with Crippen molar-refractivity contribution in [2.75, 3.05) is 5.32 Å². The number of fused-ring (bicyclic) bond motifs is 1. The average molecular weight is 260 g/mol. The van der Waals surface area contributed by atoms with Gasteiger partial charge in [0.05, 0.1) is 0 Å². The third-order valence-electron chi connectivity index (χ3n) is 4.02. The first-order valence-electron chi connectivity index (χ1n) is 7.03. The molecule has 2 rings (SSSR count). The standard InChI is InChI=1S/C16H24N2O/c1-11(16(2,3)4)17-15(19)14-10-9-12-7-5-6-8-13(12)18-14/h5-8,11,14,18H,9-10H2,1-4H3,(H,17,19). The molecule has 0 saturated carbocycles. The van der Waals surface area contributed by atoms with Crippen LogP contribution < -0.4 is 10.6 Å². The molecule has 2 unspecified atom stereocenters. The van der Waals surface area contributed by atoms with Crippen LogP contribution in [0.15, 0.2) is 24.3 Å². The number of anilines is 1. The van der Waals surface area contributed by atoms with E-state index in [0.29, 0.717) is 0 Å². The number of rotatable bonds is 2. The predicted molar refractivity (Wildman–Crippen MR) is 79.2 cm³/mol. The average Bonchev–Trinajstić information content (AvgIpc) is 2.37. The molecule has 0 fully saturated rings. The molecule has 0 saturated heterocycles. The smallest absolute Gasteiger partial charge is 0.242 e. The van der Waals surface area contributed by atoms with Crippen molar-refractivity contribution in [2.24, 2.45) is 5.41 Å². The van der Waals surface area contributed by atoms with Crippen LogP contribution in [-0.4, -0.2) is 18.0 Å². The molecule has 0 aromatic heterocycles. The molecule has 1 aliphatic heterocycles. The number of amides is 1. The lowest BCUT2D eigenvalue weighted by Crippen LogP contribution is -2.49. The van der Waals surface area contributed by atoms with Gasteiger partial charge in [0, 0.05) is 11.7 Å². The summed E-state index contributed by atoms with van der Waals surface area (Å²) in [7, 11) is 0. The molecular formula is C16H24N2O.